The van der Waals surface area contributed by atoms with Crippen LogP contribution in [0.3, 0.4) is 0 Å². The van der Waals surface area contributed by atoms with Gasteiger partial charge in [0.1, 0.15) is 6.04 Å². The predicted octanol–water partition coefficient (Wildman–Crippen LogP) is 3.00. The first kappa shape index (κ1) is 17.4. The Labute approximate surface area is 143 Å². The Kier molecular flexibility index (Phi) is 4.24. The molecule has 0 amide bonds. The van der Waals surface area contributed by atoms with E-state index in [-0.39, 0.29) is 22.3 Å². The average molecular weight is 351 g/mol. The third kappa shape index (κ3) is 2.86. The van der Waals surface area contributed by atoms with Gasteiger partial charge in [0.05, 0.1) is 4.90 Å². The summed E-state index contributed by atoms with van der Waals surface area (Å²) in [4.78, 5) is 11.8. The van der Waals surface area contributed by atoms with Gasteiger partial charge in [-0.05, 0) is 48.3 Å². The molecule has 0 radical (unpaired) electrons. The third-order valence-electron chi connectivity index (χ3n) is 5.36. The van der Waals surface area contributed by atoms with E-state index in [2.05, 4.69) is 20.8 Å². The molecule has 5 nitrogen and oxygen atoms in total. The Balaban J connectivity index is 1.98. The Morgan fingerprint density at radius 3 is 2.33 bits per heavy atom. The molecule has 1 saturated carbocycles. The fourth-order valence-corrected chi connectivity index (χ4v) is 5.92. The highest BCUT2D eigenvalue weighted by Gasteiger charge is 2.52. The van der Waals surface area contributed by atoms with Crippen molar-refractivity contribution in [2.24, 2.45) is 5.92 Å². The maximum Gasteiger partial charge on any atom is 0.322 e. The minimum Gasteiger partial charge on any atom is -0.480 e. The monoisotopic (exact) mass is 351 g/mol. The molecule has 3 rings (SSSR count). The number of carbonyl (C=O) groups is 1. The molecule has 132 valence electrons. The Morgan fingerprint density at radius 1 is 1.17 bits per heavy atom. The van der Waals surface area contributed by atoms with Crippen LogP contribution >= 0.6 is 0 Å². The van der Waals surface area contributed by atoms with Crippen molar-refractivity contribution in [1.29, 1.82) is 0 Å². The van der Waals surface area contributed by atoms with Crippen LogP contribution in [0.1, 0.15) is 52.0 Å². The molecule has 1 saturated heterocycles. The molecule has 1 aliphatic carbocycles. The fraction of sp³-hybridized carbons (Fsp3) is 0.611. The van der Waals surface area contributed by atoms with E-state index in [0.29, 0.717) is 6.42 Å². The van der Waals surface area contributed by atoms with Gasteiger partial charge < -0.3 is 5.11 Å². The zero-order chi connectivity index (χ0) is 17.7. The molecule has 0 aromatic heterocycles. The molecule has 1 aromatic carbocycles. The summed E-state index contributed by atoms with van der Waals surface area (Å²) in [5.41, 5.74) is 0.993. The van der Waals surface area contributed by atoms with E-state index in [9.17, 15) is 18.3 Å². The van der Waals surface area contributed by atoms with Crippen molar-refractivity contribution in [1.82, 2.24) is 4.31 Å². The van der Waals surface area contributed by atoms with E-state index < -0.39 is 22.0 Å². The number of sulfonamides is 1. The normalized spacial score (nSPS) is 28.0. The summed E-state index contributed by atoms with van der Waals surface area (Å²) in [5, 5.41) is 9.49. The quantitative estimate of drug-likeness (QED) is 0.908. The summed E-state index contributed by atoms with van der Waals surface area (Å²) in [6.45, 7) is 6.21. The van der Waals surface area contributed by atoms with E-state index in [1.165, 1.54) is 4.31 Å². The van der Waals surface area contributed by atoms with Gasteiger partial charge in [-0.15, -0.1) is 0 Å². The first-order valence-corrected chi connectivity index (χ1v) is 9.93. The van der Waals surface area contributed by atoms with Crippen LogP contribution in [-0.4, -0.2) is 35.9 Å². The summed E-state index contributed by atoms with van der Waals surface area (Å²) >= 11 is 0. The highest BCUT2D eigenvalue weighted by Crippen LogP contribution is 2.44. The molecule has 6 heteroatoms. The lowest BCUT2D eigenvalue weighted by Gasteiger charge is -2.27. The van der Waals surface area contributed by atoms with Crippen LogP contribution in [0.2, 0.25) is 0 Å². The van der Waals surface area contributed by atoms with Gasteiger partial charge in [0.25, 0.3) is 0 Å². The SMILES string of the molecule is CC(C)(C)c1ccc(S(=O)(=O)N2[C@@H](C(=O)O)C[C@H]3CCC[C@H]32)cc1. The Bertz CT molecular complexity index is 733. The van der Waals surface area contributed by atoms with Crippen LogP contribution in [0.4, 0.5) is 0 Å². The number of hydrogen-bond acceptors (Lipinski definition) is 3. The second-order valence-electron chi connectivity index (χ2n) is 7.96. The van der Waals surface area contributed by atoms with Gasteiger partial charge in [-0.25, -0.2) is 8.42 Å². The van der Waals surface area contributed by atoms with Crippen LogP contribution < -0.4 is 0 Å². The number of hydrogen-bond donors (Lipinski definition) is 1. The van der Waals surface area contributed by atoms with Crippen molar-refractivity contribution in [2.45, 2.75) is 68.8 Å². The van der Waals surface area contributed by atoms with Crippen molar-refractivity contribution in [3.63, 3.8) is 0 Å². The van der Waals surface area contributed by atoms with Crippen LogP contribution in [-0.2, 0) is 20.2 Å². The van der Waals surface area contributed by atoms with Crippen molar-refractivity contribution in [2.75, 3.05) is 0 Å². The Hall–Kier alpha value is -1.40. The molecule has 0 unspecified atom stereocenters. The van der Waals surface area contributed by atoms with Crippen LogP contribution in [0.25, 0.3) is 0 Å². The van der Waals surface area contributed by atoms with Gasteiger partial charge in [0.15, 0.2) is 0 Å². The highest BCUT2D eigenvalue weighted by atomic mass is 32.2. The third-order valence-corrected chi connectivity index (χ3v) is 7.31. The molecule has 1 N–H and O–H groups in total. The van der Waals surface area contributed by atoms with Crippen molar-refractivity contribution in [3.05, 3.63) is 29.8 Å². The maximum absolute atomic E-state index is 13.1. The van der Waals surface area contributed by atoms with Crippen LogP contribution in [0.5, 0.6) is 0 Å². The zero-order valence-corrected chi connectivity index (χ0v) is 15.2. The van der Waals surface area contributed by atoms with Gasteiger partial charge in [-0.2, -0.15) is 4.31 Å². The molecular formula is C18H25NO4S. The van der Waals surface area contributed by atoms with Gasteiger partial charge in [0.2, 0.25) is 10.0 Å². The van der Waals surface area contributed by atoms with E-state index in [4.69, 9.17) is 0 Å². The molecule has 1 aromatic rings. The van der Waals surface area contributed by atoms with Crippen molar-refractivity contribution < 1.29 is 18.3 Å². The molecule has 0 bridgehead atoms. The predicted molar refractivity (Wildman–Crippen MR) is 91.3 cm³/mol. The molecule has 2 fully saturated rings. The lowest BCUT2D eigenvalue weighted by molar-refractivity contribution is -0.141. The smallest absolute Gasteiger partial charge is 0.322 e. The Morgan fingerprint density at radius 2 is 1.79 bits per heavy atom. The number of carboxylic acid groups (broad SMARTS) is 1. The van der Waals surface area contributed by atoms with Crippen molar-refractivity contribution in [3.8, 4) is 0 Å². The summed E-state index contributed by atoms with van der Waals surface area (Å²) in [7, 11) is -3.80. The topological polar surface area (TPSA) is 74.7 Å². The zero-order valence-electron chi connectivity index (χ0n) is 14.4. The molecule has 24 heavy (non-hydrogen) atoms. The number of carboxylic acids is 1. The molecule has 2 aliphatic rings. The number of fused-ring (bicyclic) bond motifs is 1. The standard InChI is InChI=1S/C18H25NO4S/c1-18(2,3)13-7-9-14(10-8-13)24(22,23)19-15-6-4-5-12(15)11-16(19)17(20)21/h7-10,12,15-16H,4-6,11H2,1-3H3,(H,20,21)/t12-,15-,16-/m1/s1. The van der Waals surface area contributed by atoms with Crippen molar-refractivity contribution >= 4 is 16.0 Å². The van der Waals surface area contributed by atoms with E-state index in [1.807, 2.05) is 12.1 Å². The minimum atomic E-state index is -3.80. The first-order valence-electron chi connectivity index (χ1n) is 8.49. The number of aliphatic carboxylic acids is 1. The lowest BCUT2D eigenvalue weighted by Crippen LogP contribution is -2.44. The summed E-state index contributed by atoms with van der Waals surface area (Å²) in [6.07, 6.45) is 3.08. The molecule has 3 atom stereocenters. The molecule has 1 heterocycles. The second kappa shape index (κ2) is 5.85. The average Bonchev–Trinajstić information content (AvgIpc) is 3.06. The number of nitrogens with zero attached hydrogens (tertiary/aromatic N) is 1. The van der Waals surface area contributed by atoms with E-state index >= 15 is 0 Å². The van der Waals surface area contributed by atoms with E-state index in [0.717, 1.165) is 24.8 Å². The number of rotatable bonds is 3. The van der Waals surface area contributed by atoms with Gasteiger partial charge in [-0.3, -0.25) is 4.79 Å². The van der Waals surface area contributed by atoms with Gasteiger partial charge in [-0.1, -0.05) is 39.3 Å². The lowest BCUT2D eigenvalue weighted by atomic mass is 9.87. The number of benzene rings is 1. The van der Waals surface area contributed by atoms with Gasteiger partial charge >= 0.3 is 5.97 Å². The minimum absolute atomic E-state index is 0.0594. The molecule has 0 spiro atoms. The van der Waals surface area contributed by atoms with Gasteiger partial charge in [0, 0.05) is 6.04 Å². The summed E-state index contributed by atoms with van der Waals surface area (Å²) in [5.74, 6) is -0.867. The van der Waals surface area contributed by atoms with E-state index in [1.54, 1.807) is 12.1 Å². The second-order valence-corrected chi connectivity index (χ2v) is 9.80. The molecule has 1 aliphatic heterocycles. The first-order chi connectivity index (χ1) is 11.1. The highest BCUT2D eigenvalue weighted by molar-refractivity contribution is 7.89. The fourth-order valence-electron chi connectivity index (χ4n) is 4.05. The molecular weight excluding hydrogens is 326 g/mol. The summed E-state index contributed by atoms with van der Waals surface area (Å²) in [6, 6.07) is 5.76. The van der Waals surface area contributed by atoms with Crippen LogP contribution in [0, 0.1) is 5.92 Å². The maximum atomic E-state index is 13.1. The van der Waals surface area contributed by atoms with Crippen LogP contribution in [0.15, 0.2) is 29.2 Å². The largest absolute Gasteiger partial charge is 0.480 e. The summed E-state index contributed by atoms with van der Waals surface area (Å²) < 4.78 is 27.5.